The molecule has 1 heterocycles. The van der Waals surface area contributed by atoms with Crippen LogP contribution in [0.3, 0.4) is 0 Å². The monoisotopic (exact) mass is 717 g/mol. The number of rotatable bonds is 14. The van der Waals surface area contributed by atoms with Gasteiger partial charge in [0.1, 0.15) is 22.2 Å². The fourth-order valence-corrected chi connectivity index (χ4v) is 6.31. The van der Waals surface area contributed by atoms with E-state index in [1.165, 1.54) is 73.7 Å². The van der Waals surface area contributed by atoms with Crippen LogP contribution in [0.15, 0.2) is 59.8 Å². The van der Waals surface area contributed by atoms with Crippen molar-refractivity contribution in [3.05, 3.63) is 81.6 Å². The molecule has 1 amide bonds. The van der Waals surface area contributed by atoms with Gasteiger partial charge in [-0.1, -0.05) is 35.3 Å². The Bertz CT molecular complexity index is 1670. The van der Waals surface area contributed by atoms with E-state index in [1.807, 2.05) is 0 Å². The first-order chi connectivity index (χ1) is 21.7. The van der Waals surface area contributed by atoms with Crippen molar-refractivity contribution in [2.75, 3.05) is 27.7 Å². The molecule has 2 N–H and O–H groups in total. The van der Waals surface area contributed by atoms with Crippen LogP contribution in [-0.2, 0) is 26.0 Å². The number of hydrogen-bond donors (Lipinski definition) is 0. The number of amides is 1. The van der Waals surface area contributed by atoms with Gasteiger partial charge in [0.15, 0.2) is 23.9 Å². The van der Waals surface area contributed by atoms with Gasteiger partial charge in [0.05, 0.1) is 11.5 Å². The Labute approximate surface area is 281 Å². The minimum absolute atomic E-state index is 0. The lowest BCUT2D eigenvalue weighted by Gasteiger charge is -2.26. The Kier molecular flexibility index (Phi) is 12.9. The van der Waals surface area contributed by atoms with Crippen LogP contribution < -0.4 is 14.5 Å². The summed E-state index contributed by atoms with van der Waals surface area (Å²) in [7, 11) is 0.0395. The second kappa shape index (κ2) is 16.0. The molecule has 1 fully saturated rings. The number of nitrogens with one attached hydrogen (secondary N) is 1. The number of esters is 1. The molecule has 0 saturated heterocycles. The Morgan fingerprint density at radius 3 is 2.28 bits per heavy atom. The number of H-pyrrole nitrogens is 1. The van der Waals surface area contributed by atoms with Crippen molar-refractivity contribution in [3.63, 3.8) is 0 Å². The van der Waals surface area contributed by atoms with E-state index in [0.29, 0.717) is 23.7 Å². The van der Waals surface area contributed by atoms with Gasteiger partial charge in [-0.3, -0.25) is 9.59 Å². The van der Waals surface area contributed by atoms with Crippen LogP contribution in [0.5, 0.6) is 11.5 Å². The molecule has 1 aliphatic rings. The lowest BCUT2D eigenvalue weighted by atomic mass is 10.0. The fourth-order valence-electron chi connectivity index (χ4n) is 4.42. The number of pyridine rings is 1. The van der Waals surface area contributed by atoms with E-state index in [0.717, 1.165) is 17.1 Å². The Morgan fingerprint density at radius 1 is 1.02 bits per heavy atom. The molecule has 0 bridgehead atoms. The van der Waals surface area contributed by atoms with Gasteiger partial charge in [0, 0.05) is 38.7 Å². The topological polar surface area (TPSA) is 147 Å². The zero-order valence-corrected chi connectivity index (χ0v) is 28.3. The van der Waals surface area contributed by atoms with E-state index in [4.69, 9.17) is 32.7 Å². The summed E-state index contributed by atoms with van der Waals surface area (Å²) in [5, 5.41) is 0.493. The van der Waals surface area contributed by atoms with Crippen molar-refractivity contribution in [2.24, 2.45) is 5.92 Å². The van der Waals surface area contributed by atoms with E-state index in [1.54, 1.807) is 14.1 Å². The molecule has 256 valence electrons. The van der Waals surface area contributed by atoms with Gasteiger partial charge >= 0.3 is 12.6 Å². The lowest BCUT2D eigenvalue weighted by Crippen LogP contribution is -2.41. The average Bonchev–Trinajstić information content (AvgIpc) is 3.85. The standard InChI is InChI=1S/C31H33Cl2F2N3O7S.H2O/c1-18(38(4)46(41,42)22-7-5-6-21(12-22)29(39)37(2)3)30(40)44-27(14-23-24(32)15-36-16-25(23)33)20-10-11-26(45-31(34)35)28(13-20)43-17-19-8-9-19;/h5-7,10-13,15-16,18-19,27,31H,8-9,14,17H2,1-4H3;1H2/t18-,27+;/m1./s1. The summed E-state index contributed by atoms with van der Waals surface area (Å²) >= 11 is 12.8. The molecule has 0 unspecified atom stereocenters. The second-order valence-electron chi connectivity index (χ2n) is 11.0. The van der Waals surface area contributed by atoms with Crippen LogP contribution in [0.1, 0.15) is 47.4 Å². The molecule has 47 heavy (non-hydrogen) atoms. The minimum Gasteiger partial charge on any atom is -0.870 e. The van der Waals surface area contributed by atoms with E-state index in [-0.39, 0.29) is 43.9 Å². The molecule has 0 aliphatic heterocycles. The van der Waals surface area contributed by atoms with Crippen LogP contribution in [0.2, 0.25) is 10.0 Å². The molecular weight excluding hydrogens is 683 g/mol. The third-order valence-corrected chi connectivity index (χ3v) is 10.0. The summed E-state index contributed by atoms with van der Waals surface area (Å²) in [5.41, 5.74) is 0.917. The number of aromatic nitrogens is 1. The number of carbonyl (C=O) groups excluding carboxylic acids is 2. The zero-order chi connectivity index (χ0) is 33.8. The first-order valence-corrected chi connectivity index (χ1v) is 16.4. The summed E-state index contributed by atoms with van der Waals surface area (Å²) in [6.45, 7) is -1.45. The Morgan fingerprint density at radius 2 is 1.68 bits per heavy atom. The number of carbonyl (C=O) groups is 2. The quantitative estimate of drug-likeness (QED) is 0.205. The third kappa shape index (κ3) is 9.51. The number of nitrogens with zero attached hydrogens (tertiary/aromatic N) is 2. The van der Waals surface area contributed by atoms with Crippen LogP contribution in [0.4, 0.5) is 8.78 Å². The smallest absolute Gasteiger partial charge is 0.387 e. The molecule has 1 aromatic heterocycles. The van der Waals surface area contributed by atoms with Crippen LogP contribution in [0.25, 0.3) is 0 Å². The van der Waals surface area contributed by atoms with E-state index in [2.05, 4.69) is 9.72 Å². The highest BCUT2D eigenvalue weighted by atomic mass is 35.5. The van der Waals surface area contributed by atoms with E-state index in [9.17, 15) is 26.8 Å². The summed E-state index contributed by atoms with van der Waals surface area (Å²) in [5.74, 6) is -1.17. The van der Waals surface area contributed by atoms with Gasteiger partial charge in [-0.25, -0.2) is 13.4 Å². The van der Waals surface area contributed by atoms with Gasteiger partial charge < -0.3 is 24.6 Å². The number of alkyl halides is 2. The molecular formula is C31H35Cl2F2N3O8S. The van der Waals surface area contributed by atoms with Crippen LogP contribution >= 0.6 is 23.2 Å². The maximum Gasteiger partial charge on any atom is 0.387 e. The summed E-state index contributed by atoms with van der Waals surface area (Å²) in [6.07, 6.45) is 3.74. The van der Waals surface area contributed by atoms with Gasteiger partial charge in [-0.15, -0.1) is 0 Å². The van der Waals surface area contributed by atoms with Crippen molar-refractivity contribution in [1.29, 1.82) is 0 Å². The molecule has 1 aliphatic carbocycles. The van der Waals surface area contributed by atoms with Crippen molar-refractivity contribution in [3.8, 4) is 11.5 Å². The van der Waals surface area contributed by atoms with Gasteiger partial charge in [0.25, 0.3) is 5.91 Å². The molecule has 4 rings (SSSR count). The van der Waals surface area contributed by atoms with Gasteiger partial charge in [-0.2, -0.15) is 13.1 Å². The normalized spacial score (nSPS) is 14.3. The number of likely N-dealkylation sites (N-methyl/N-ethyl adjacent to an activating group) is 1. The van der Waals surface area contributed by atoms with E-state index < -0.39 is 40.7 Å². The molecule has 0 spiro atoms. The number of halogens is 4. The van der Waals surface area contributed by atoms with Crippen molar-refractivity contribution in [1.82, 2.24) is 9.21 Å². The maximum absolute atomic E-state index is 13.6. The Balaban J connectivity index is 0.00000600. The zero-order valence-electron chi connectivity index (χ0n) is 26.0. The predicted octanol–water partition coefficient (Wildman–Crippen LogP) is 5.26. The van der Waals surface area contributed by atoms with Crippen molar-refractivity contribution < 1.29 is 51.5 Å². The third-order valence-electron chi connectivity index (χ3n) is 7.42. The first kappa shape index (κ1) is 37.9. The summed E-state index contributed by atoms with van der Waals surface area (Å²) < 4.78 is 70.5. The number of benzene rings is 2. The number of sulfonamides is 1. The Hall–Kier alpha value is -3.56. The molecule has 2 atom stereocenters. The van der Waals surface area contributed by atoms with Gasteiger partial charge in [-0.05, 0) is 61.6 Å². The maximum atomic E-state index is 13.6. The van der Waals surface area contributed by atoms with Crippen molar-refractivity contribution in [2.45, 2.75) is 49.8 Å². The summed E-state index contributed by atoms with van der Waals surface area (Å²) in [6, 6.07) is 8.31. The average molecular weight is 719 g/mol. The summed E-state index contributed by atoms with van der Waals surface area (Å²) in [4.78, 5) is 29.9. The highest BCUT2D eigenvalue weighted by Crippen LogP contribution is 2.38. The minimum atomic E-state index is -4.26. The van der Waals surface area contributed by atoms with Crippen molar-refractivity contribution >= 4 is 45.1 Å². The highest BCUT2D eigenvalue weighted by Gasteiger charge is 2.34. The number of hydrogen-bond acceptors (Lipinski definition) is 8. The van der Waals surface area contributed by atoms with Crippen LogP contribution in [-0.4, -0.2) is 75.4 Å². The molecule has 3 aromatic rings. The van der Waals surface area contributed by atoms with Gasteiger partial charge in [0.2, 0.25) is 10.0 Å². The molecule has 1 saturated carbocycles. The lowest BCUT2D eigenvalue weighted by molar-refractivity contribution is -0.377. The number of aromatic amines is 1. The van der Waals surface area contributed by atoms with E-state index >= 15 is 0 Å². The fraction of sp³-hybridized carbons (Fsp3) is 0.387. The first-order valence-electron chi connectivity index (χ1n) is 14.2. The van der Waals surface area contributed by atoms with Crippen LogP contribution in [0, 0.1) is 5.92 Å². The largest absolute Gasteiger partial charge is 0.870 e. The molecule has 2 aromatic carbocycles. The molecule has 0 radical (unpaired) electrons. The highest BCUT2D eigenvalue weighted by molar-refractivity contribution is 7.89. The SMILES string of the molecule is C[C@H](C(=O)O[C@@H](Cc1c(Cl)c[nH+]cc1Cl)c1ccc(OC(F)F)c(OCC2CC2)c1)N(C)S(=O)(=O)c1cccc(C(=O)N(C)C)c1.[OH-]. The molecule has 16 heteroatoms. The predicted molar refractivity (Wildman–Crippen MR) is 168 cm³/mol. The number of ether oxygens (including phenoxy) is 3. The second-order valence-corrected chi connectivity index (χ2v) is 13.8. The molecule has 11 nitrogen and oxygen atoms in total.